The van der Waals surface area contributed by atoms with Crippen molar-refractivity contribution in [1.82, 2.24) is 9.97 Å². The molecule has 0 saturated heterocycles. The molecule has 1 aromatic rings. The summed E-state index contributed by atoms with van der Waals surface area (Å²) in [6, 6.07) is 0.447. The van der Waals surface area contributed by atoms with Crippen LogP contribution in [0.1, 0.15) is 32.9 Å². The van der Waals surface area contributed by atoms with Gasteiger partial charge in [-0.3, -0.25) is 4.98 Å². The number of hydrogen-bond acceptors (Lipinski definition) is 4. The molecule has 0 bridgehead atoms. The summed E-state index contributed by atoms with van der Waals surface area (Å²) in [5.41, 5.74) is 6.31. The third kappa shape index (κ3) is 3.16. The molecule has 15 heavy (non-hydrogen) atoms. The highest BCUT2D eigenvalue weighted by molar-refractivity contribution is 5.36. The summed E-state index contributed by atoms with van der Waals surface area (Å²) in [5, 5.41) is 0. The van der Waals surface area contributed by atoms with Crippen LogP contribution >= 0.6 is 0 Å². The molecule has 4 nitrogen and oxygen atoms in total. The van der Waals surface area contributed by atoms with Crippen molar-refractivity contribution in [3.63, 3.8) is 0 Å². The van der Waals surface area contributed by atoms with Gasteiger partial charge in [-0.05, 0) is 20.3 Å². The number of hydrogen-bond donors (Lipinski definition) is 1. The maximum absolute atomic E-state index is 5.48. The summed E-state index contributed by atoms with van der Waals surface area (Å²) in [7, 11) is 0. The SMILES string of the molecule is CCCN(c1cnc(CN)cn1)C(C)C. The van der Waals surface area contributed by atoms with Gasteiger partial charge in [0.05, 0.1) is 18.1 Å². The van der Waals surface area contributed by atoms with Crippen LogP contribution in [-0.4, -0.2) is 22.6 Å². The number of aromatic nitrogens is 2. The second-order valence-corrected chi connectivity index (χ2v) is 3.86. The second-order valence-electron chi connectivity index (χ2n) is 3.86. The molecule has 0 unspecified atom stereocenters. The van der Waals surface area contributed by atoms with E-state index in [1.807, 2.05) is 0 Å². The lowest BCUT2D eigenvalue weighted by Crippen LogP contribution is -2.32. The molecule has 0 aromatic carbocycles. The van der Waals surface area contributed by atoms with Crippen molar-refractivity contribution >= 4 is 5.82 Å². The van der Waals surface area contributed by atoms with E-state index < -0.39 is 0 Å². The van der Waals surface area contributed by atoms with Crippen LogP contribution in [0.5, 0.6) is 0 Å². The predicted molar refractivity (Wildman–Crippen MR) is 62.7 cm³/mol. The quantitative estimate of drug-likeness (QED) is 0.798. The number of nitrogens with two attached hydrogens (primary N) is 1. The molecule has 0 spiro atoms. The van der Waals surface area contributed by atoms with E-state index in [9.17, 15) is 0 Å². The fraction of sp³-hybridized carbons (Fsp3) is 0.636. The first-order valence-electron chi connectivity index (χ1n) is 5.46. The van der Waals surface area contributed by atoms with Gasteiger partial charge < -0.3 is 10.6 Å². The van der Waals surface area contributed by atoms with Crippen molar-refractivity contribution in [1.29, 1.82) is 0 Å². The van der Waals surface area contributed by atoms with Gasteiger partial charge in [0.15, 0.2) is 0 Å². The maximum Gasteiger partial charge on any atom is 0.147 e. The number of rotatable bonds is 5. The second kappa shape index (κ2) is 5.66. The minimum absolute atomic E-state index is 0.447. The van der Waals surface area contributed by atoms with E-state index in [1.165, 1.54) is 0 Å². The van der Waals surface area contributed by atoms with Gasteiger partial charge in [-0.25, -0.2) is 4.98 Å². The maximum atomic E-state index is 5.48. The first-order valence-corrected chi connectivity index (χ1v) is 5.46. The highest BCUT2D eigenvalue weighted by Crippen LogP contribution is 2.12. The van der Waals surface area contributed by atoms with E-state index >= 15 is 0 Å². The zero-order valence-corrected chi connectivity index (χ0v) is 9.77. The Morgan fingerprint density at radius 2 is 2.07 bits per heavy atom. The summed E-state index contributed by atoms with van der Waals surface area (Å²) in [6.07, 6.45) is 4.66. The van der Waals surface area contributed by atoms with Crippen molar-refractivity contribution in [2.45, 2.75) is 39.8 Å². The summed E-state index contributed by atoms with van der Waals surface area (Å²) < 4.78 is 0. The van der Waals surface area contributed by atoms with Gasteiger partial charge in [0.2, 0.25) is 0 Å². The third-order valence-corrected chi connectivity index (χ3v) is 2.28. The molecule has 0 radical (unpaired) electrons. The lowest BCUT2D eigenvalue weighted by Gasteiger charge is -2.27. The average molecular weight is 208 g/mol. The Hall–Kier alpha value is -1.16. The van der Waals surface area contributed by atoms with Crippen molar-refractivity contribution in [2.24, 2.45) is 5.73 Å². The van der Waals surface area contributed by atoms with Gasteiger partial charge in [-0.15, -0.1) is 0 Å². The molecule has 84 valence electrons. The third-order valence-electron chi connectivity index (χ3n) is 2.28. The minimum Gasteiger partial charge on any atom is -0.353 e. The molecule has 4 heteroatoms. The molecule has 1 heterocycles. The Kier molecular flexibility index (Phi) is 4.49. The topological polar surface area (TPSA) is 55.0 Å². The molecule has 1 aromatic heterocycles. The van der Waals surface area contributed by atoms with Crippen molar-refractivity contribution in [3.05, 3.63) is 18.1 Å². The Labute approximate surface area is 91.5 Å². The highest BCUT2D eigenvalue weighted by Gasteiger charge is 2.10. The average Bonchev–Trinajstić information content (AvgIpc) is 2.26. The Morgan fingerprint density at radius 3 is 2.47 bits per heavy atom. The van der Waals surface area contributed by atoms with Crippen LogP contribution in [0.4, 0.5) is 5.82 Å². The smallest absolute Gasteiger partial charge is 0.147 e. The monoisotopic (exact) mass is 208 g/mol. The molecule has 0 aliphatic rings. The van der Waals surface area contributed by atoms with Crippen molar-refractivity contribution in [2.75, 3.05) is 11.4 Å². The Morgan fingerprint density at radius 1 is 1.33 bits per heavy atom. The van der Waals surface area contributed by atoms with Crippen LogP contribution < -0.4 is 10.6 Å². The largest absolute Gasteiger partial charge is 0.353 e. The first-order chi connectivity index (χ1) is 7.19. The highest BCUT2D eigenvalue weighted by atomic mass is 15.2. The van der Waals surface area contributed by atoms with Crippen LogP contribution in [0.25, 0.3) is 0 Å². The van der Waals surface area contributed by atoms with E-state index in [-0.39, 0.29) is 0 Å². The van der Waals surface area contributed by atoms with E-state index in [1.54, 1.807) is 12.4 Å². The van der Waals surface area contributed by atoms with Gasteiger partial charge in [0.25, 0.3) is 0 Å². The summed E-state index contributed by atoms with van der Waals surface area (Å²) in [4.78, 5) is 10.9. The standard InChI is InChI=1S/C11H20N4/c1-4-5-15(9(2)3)11-8-13-10(6-12)7-14-11/h7-9H,4-6,12H2,1-3H3. The van der Waals surface area contributed by atoms with Gasteiger partial charge in [-0.1, -0.05) is 6.92 Å². The summed E-state index contributed by atoms with van der Waals surface area (Å²) >= 11 is 0. The zero-order chi connectivity index (χ0) is 11.3. The number of nitrogens with zero attached hydrogens (tertiary/aromatic N) is 3. The molecule has 0 aliphatic carbocycles. The lowest BCUT2D eigenvalue weighted by molar-refractivity contribution is 0.659. The van der Waals surface area contributed by atoms with Gasteiger partial charge >= 0.3 is 0 Å². The van der Waals surface area contributed by atoms with E-state index in [2.05, 4.69) is 35.6 Å². The van der Waals surface area contributed by atoms with Crippen LogP contribution in [0.2, 0.25) is 0 Å². The number of anilines is 1. The molecule has 1 rings (SSSR count). The minimum atomic E-state index is 0.447. The molecular formula is C11H20N4. The van der Waals surface area contributed by atoms with E-state index in [0.29, 0.717) is 12.6 Å². The zero-order valence-electron chi connectivity index (χ0n) is 9.77. The summed E-state index contributed by atoms with van der Waals surface area (Å²) in [5.74, 6) is 0.934. The van der Waals surface area contributed by atoms with Crippen molar-refractivity contribution in [3.8, 4) is 0 Å². The Bertz CT molecular complexity index is 281. The molecule has 0 saturated carbocycles. The van der Waals surface area contributed by atoms with Crippen LogP contribution in [0, 0.1) is 0 Å². The van der Waals surface area contributed by atoms with Crippen molar-refractivity contribution < 1.29 is 0 Å². The summed E-state index contributed by atoms with van der Waals surface area (Å²) in [6.45, 7) is 7.94. The molecule has 0 amide bonds. The molecule has 0 aliphatic heterocycles. The molecule has 2 N–H and O–H groups in total. The lowest BCUT2D eigenvalue weighted by atomic mass is 10.3. The normalized spacial score (nSPS) is 10.7. The first kappa shape index (κ1) is 11.9. The predicted octanol–water partition coefficient (Wildman–Crippen LogP) is 1.56. The van der Waals surface area contributed by atoms with Gasteiger partial charge in [0.1, 0.15) is 5.82 Å². The Balaban J connectivity index is 2.81. The molecule has 0 fully saturated rings. The van der Waals surface area contributed by atoms with E-state index in [0.717, 1.165) is 24.5 Å². The fourth-order valence-corrected chi connectivity index (χ4v) is 1.48. The van der Waals surface area contributed by atoms with Crippen LogP contribution in [0.3, 0.4) is 0 Å². The molecular weight excluding hydrogens is 188 g/mol. The van der Waals surface area contributed by atoms with E-state index in [4.69, 9.17) is 5.73 Å². The van der Waals surface area contributed by atoms with Crippen LogP contribution in [-0.2, 0) is 6.54 Å². The van der Waals surface area contributed by atoms with Crippen LogP contribution in [0.15, 0.2) is 12.4 Å². The molecule has 0 atom stereocenters. The fourth-order valence-electron chi connectivity index (χ4n) is 1.48. The van der Waals surface area contributed by atoms with Gasteiger partial charge in [-0.2, -0.15) is 0 Å². The van der Waals surface area contributed by atoms with Gasteiger partial charge in [0, 0.05) is 19.1 Å².